The zero-order valence-electron chi connectivity index (χ0n) is 9.35. The highest BCUT2D eigenvalue weighted by Gasteiger charge is 2.15. The van der Waals surface area contributed by atoms with Gasteiger partial charge < -0.3 is 15.0 Å². The van der Waals surface area contributed by atoms with Gasteiger partial charge in [-0.25, -0.2) is 0 Å². The lowest BCUT2D eigenvalue weighted by atomic mass is 10.4. The van der Waals surface area contributed by atoms with Gasteiger partial charge in [0.25, 0.3) is 5.91 Å². The molecule has 0 aromatic carbocycles. The number of carbonyl (C=O) groups is 2. The maximum absolute atomic E-state index is 11.5. The molecule has 98 valence electrons. The van der Waals surface area contributed by atoms with E-state index in [2.05, 4.69) is 0 Å². The van der Waals surface area contributed by atoms with Crippen molar-refractivity contribution in [2.75, 3.05) is 0 Å². The number of rotatable bonds is 4. The number of esters is 1. The van der Waals surface area contributed by atoms with Crippen LogP contribution >= 0.6 is 45.2 Å². The summed E-state index contributed by atoms with van der Waals surface area (Å²) < 4.78 is 7.36. The molecule has 0 saturated carbocycles. The molecule has 1 rings (SSSR count). The van der Waals surface area contributed by atoms with Crippen molar-refractivity contribution in [1.29, 1.82) is 0 Å². The number of aromatic nitrogens is 1. The van der Waals surface area contributed by atoms with Crippen molar-refractivity contribution in [2.45, 2.75) is 19.6 Å². The van der Waals surface area contributed by atoms with Crippen LogP contribution in [0.15, 0.2) is 17.2 Å². The van der Waals surface area contributed by atoms with Crippen LogP contribution in [0.1, 0.15) is 6.92 Å². The quantitative estimate of drug-likeness (QED) is 0.506. The zero-order valence-corrected chi connectivity index (χ0v) is 13.7. The Kier molecular flexibility index (Phi) is 5.56. The van der Waals surface area contributed by atoms with Crippen molar-refractivity contribution in [3.05, 3.63) is 29.8 Å². The summed E-state index contributed by atoms with van der Waals surface area (Å²) in [5.74, 6) is -1.29. The van der Waals surface area contributed by atoms with Gasteiger partial charge in [-0.2, -0.15) is 0 Å². The molecule has 0 fully saturated rings. The molecule has 1 amide bonds. The number of ether oxygens (including phenoxy) is 1. The van der Waals surface area contributed by atoms with Crippen LogP contribution in [0.4, 0.5) is 0 Å². The minimum Gasteiger partial charge on any atom is -0.451 e. The maximum atomic E-state index is 11.5. The fraction of sp³-hybridized carbons (Fsp3) is 0.300. The van der Waals surface area contributed by atoms with Crippen LogP contribution in [0.5, 0.6) is 0 Å². The fourth-order valence-electron chi connectivity index (χ4n) is 1.09. The largest absolute Gasteiger partial charge is 0.451 e. The van der Waals surface area contributed by atoms with E-state index in [1.54, 1.807) is 12.4 Å². The highest BCUT2D eigenvalue weighted by molar-refractivity contribution is 14.1. The van der Waals surface area contributed by atoms with Gasteiger partial charge in [0.15, 0.2) is 6.10 Å². The normalized spacial score (nSPS) is 11.9. The van der Waals surface area contributed by atoms with Crippen molar-refractivity contribution in [3.63, 3.8) is 0 Å². The number of hydrogen-bond acceptors (Lipinski definition) is 4. The van der Waals surface area contributed by atoms with E-state index in [-0.39, 0.29) is 12.0 Å². The number of nitrogens with zero attached hydrogens (tertiary/aromatic N) is 1. The number of hydrogen-bond donors (Lipinski definition) is 1. The minimum absolute atomic E-state index is 0.0775. The van der Waals surface area contributed by atoms with Gasteiger partial charge >= 0.3 is 5.97 Å². The van der Waals surface area contributed by atoms with Crippen LogP contribution in [0.2, 0.25) is 0 Å². The molecule has 6 nitrogen and oxygen atoms in total. The molecule has 0 spiro atoms. The summed E-state index contributed by atoms with van der Waals surface area (Å²) in [7, 11) is 0. The molecule has 0 aliphatic rings. The molecular formula is C10H10I2N2O4. The molecule has 1 aromatic rings. The number of halogens is 2. The maximum Gasteiger partial charge on any atom is 0.326 e. The number of nitrogens with two attached hydrogens (primary N) is 1. The van der Waals surface area contributed by atoms with Gasteiger partial charge in [0.05, 0.1) is 7.14 Å². The first-order valence-electron chi connectivity index (χ1n) is 4.85. The molecule has 0 radical (unpaired) electrons. The number of pyridine rings is 1. The van der Waals surface area contributed by atoms with E-state index in [0.717, 1.165) is 0 Å². The lowest BCUT2D eigenvalue weighted by Crippen LogP contribution is -2.31. The Morgan fingerprint density at radius 3 is 2.33 bits per heavy atom. The summed E-state index contributed by atoms with van der Waals surface area (Å²) in [6.45, 7) is 1.32. The minimum atomic E-state index is -0.963. The molecule has 1 heterocycles. The van der Waals surface area contributed by atoms with Crippen LogP contribution in [-0.4, -0.2) is 22.5 Å². The van der Waals surface area contributed by atoms with E-state index in [4.69, 9.17) is 10.5 Å². The van der Waals surface area contributed by atoms with E-state index in [1.165, 1.54) is 11.5 Å². The van der Waals surface area contributed by atoms with Crippen molar-refractivity contribution in [2.24, 2.45) is 5.73 Å². The third-order valence-corrected chi connectivity index (χ3v) is 3.55. The average molecular weight is 476 g/mol. The van der Waals surface area contributed by atoms with E-state index in [9.17, 15) is 14.4 Å². The highest BCUT2D eigenvalue weighted by Crippen LogP contribution is 2.04. The standard InChI is InChI=1S/C10H10I2N2O4/c1-5(10(13)17)18-8(15)4-14-2-6(11)9(16)7(12)3-14/h2-3,5H,4H2,1H3,(H2,13,17)/t5-/m0/s1. The number of amides is 1. The zero-order chi connectivity index (χ0) is 13.9. The van der Waals surface area contributed by atoms with Crippen molar-refractivity contribution < 1.29 is 14.3 Å². The second kappa shape index (κ2) is 6.50. The van der Waals surface area contributed by atoms with Gasteiger partial charge in [0.1, 0.15) is 6.54 Å². The van der Waals surface area contributed by atoms with Crippen LogP contribution in [0.25, 0.3) is 0 Å². The molecular weight excluding hydrogens is 466 g/mol. The number of primary amides is 1. The SMILES string of the molecule is C[C@H](OC(=O)Cn1cc(I)c(=O)c(I)c1)C(N)=O. The van der Waals surface area contributed by atoms with Gasteiger partial charge in [0.2, 0.25) is 5.43 Å². The van der Waals surface area contributed by atoms with E-state index in [1.807, 2.05) is 45.2 Å². The highest BCUT2D eigenvalue weighted by atomic mass is 127. The van der Waals surface area contributed by atoms with E-state index < -0.39 is 18.0 Å². The monoisotopic (exact) mass is 476 g/mol. The Bertz CT molecular complexity index is 515. The molecule has 1 atom stereocenters. The summed E-state index contributed by atoms with van der Waals surface area (Å²) in [6, 6.07) is 0. The van der Waals surface area contributed by atoms with Crippen LogP contribution in [-0.2, 0) is 20.9 Å². The van der Waals surface area contributed by atoms with Crippen molar-refractivity contribution in [3.8, 4) is 0 Å². The van der Waals surface area contributed by atoms with Gasteiger partial charge in [-0.05, 0) is 52.1 Å². The third kappa shape index (κ3) is 4.23. The molecule has 2 N–H and O–H groups in total. The lowest BCUT2D eigenvalue weighted by Gasteiger charge is -2.11. The summed E-state index contributed by atoms with van der Waals surface area (Å²) in [4.78, 5) is 33.7. The third-order valence-electron chi connectivity index (χ3n) is 2.01. The van der Waals surface area contributed by atoms with Crippen molar-refractivity contribution >= 4 is 57.1 Å². The predicted molar refractivity (Wildman–Crippen MR) is 80.9 cm³/mol. The lowest BCUT2D eigenvalue weighted by molar-refractivity contribution is -0.154. The Morgan fingerprint density at radius 2 is 1.89 bits per heavy atom. The Balaban J connectivity index is 2.77. The van der Waals surface area contributed by atoms with Gasteiger partial charge in [-0.3, -0.25) is 14.4 Å². The molecule has 0 bridgehead atoms. The second-order valence-electron chi connectivity index (χ2n) is 3.49. The second-order valence-corrected chi connectivity index (χ2v) is 5.81. The number of carbonyl (C=O) groups excluding carboxylic acids is 2. The van der Waals surface area contributed by atoms with Crippen molar-refractivity contribution in [1.82, 2.24) is 4.57 Å². The fourth-order valence-corrected chi connectivity index (χ4v) is 2.91. The Hall–Kier alpha value is -0.650. The summed E-state index contributed by atoms with van der Waals surface area (Å²) in [5.41, 5.74) is 4.90. The first kappa shape index (κ1) is 15.4. The Labute approximate surface area is 130 Å². The van der Waals surface area contributed by atoms with Crippen LogP contribution < -0.4 is 11.2 Å². The van der Waals surface area contributed by atoms with Gasteiger partial charge in [-0.1, -0.05) is 0 Å². The van der Waals surface area contributed by atoms with Crippen LogP contribution in [0.3, 0.4) is 0 Å². The molecule has 0 aliphatic heterocycles. The molecule has 0 aliphatic carbocycles. The van der Waals surface area contributed by atoms with E-state index >= 15 is 0 Å². The van der Waals surface area contributed by atoms with Gasteiger partial charge in [0, 0.05) is 12.4 Å². The summed E-state index contributed by atoms with van der Waals surface area (Å²) in [5, 5.41) is 0. The summed E-state index contributed by atoms with van der Waals surface area (Å²) in [6.07, 6.45) is 2.12. The van der Waals surface area contributed by atoms with Crippen LogP contribution in [0, 0.1) is 7.14 Å². The molecule has 8 heteroatoms. The average Bonchev–Trinajstić information content (AvgIpc) is 2.25. The molecule has 0 unspecified atom stereocenters. The summed E-state index contributed by atoms with van der Waals surface area (Å²) >= 11 is 3.79. The Morgan fingerprint density at radius 1 is 1.39 bits per heavy atom. The topological polar surface area (TPSA) is 91.4 Å². The smallest absolute Gasteiger partial charge is 0.326 e. The van der Waals surface area contributed by atoms with Gasteiger partial charge in [-0.15, -0.1) is 0 Å². The molecule has 1 aromatic heterocycles. The van der Waals surface area contributed by atoms with E-state index in [0.29, 0.717) is 7.14 Å². The predicted octanol–water partition coefficient (Wildman–Crippen LogP) is 0.475. The first-order chi connectivity index (χ1) is 8.31. The molecule has 0 saturated heterocycles. The molecule has 18 heavy (non-hydrogen) atoms. The first-order valence-corrected chi connectivity index (χ1v) is 7.01.